The number of fused-ring (bicyclic) bond motifs is 2. The van der Waals surface area contributed by atoms with Gasteiger partial charge in [-0.05, 0) is 59.8 Å². The van der Waals surface area contributed by atoms with Crippen LogP contribution in [0, 0.1) is 0 Å². The van der Waals surface area contributed by atoms with Crippen molar-refractivity contribution in [3.63, 3.8) is 0 Å². The predicted molar refractivity (Wildman–Crippen MR) is 157 cm³/mol. The summed E-state index contributed by atoms with van der Waals surface area (Å²) in [4.78, 5) is 42.6. The summed E-state index contributed by atoms with van der Waals surface area (Å²) in [6.07, 6.45) is 19.9. The lowest BCUT2D eigenvalue weighted by molar-refractivity contribution is -0.152. The molecule has 39 heavy (non-hydrogen) atoms. The first-order valence-corrected chi connectivity index (χ1v) is 16.1. The smallest absolute Gasteiger partial charge is 0.410 e. The van der Waals surface area contributed by atoms with Crippen LogP contribution in [0.3, 0.4) is 0 Å². The average Bonchev–Trinajstić information content (AvgIpc) is 3.18. The van der Waals surface area contributed by atoms with Gasteiger partial charge in [-0.15, -0.1) is 0 Å². The first-order chi connectivity index (χ1) is 18.7. The lowest BCUT2D eigenvalue weighted by Crippen LogP contribution is -2.59. The van der Waals surface area contributed by atoms with E-state index in [0.29, 0.717) is 13.0 Å². The molecule has 0 aromatic carbocycles. The van der Waals surface area contributed by atoms with Crippen molar-refractivity contribution in [2.75, 3.05) is 13.2 Å². The standard InChI is InChI=1S/C32H58N2O5/c1-6-8-9-10-11-12-13-14-15-16-17-18-19-20-29(35)33(25-30(36)38-7-2)27-23-21-26-22-24-28(27)34(26)31(37)39-32(3,4)5/h26-28H,6-25H2,1-5H3. The number of unbranched alkanes of at least 4 members (excludes halogenated alkanes) is 12. The van der Waals surface area contributed by atoms with Gasteiger partial charge in [-0.25, -0.2) is 4.79 Å². The summed E-state index contributed by atoms with van der Waals surface area (Å²) in [6, 6.07) is -0.125. The van der Waals surface area contributed by atoms with E-state index in [-0.39, 0.29) is 42.6 Å². The lowest BCUT2D eigenvalue weighted by Gasteiger charge is -2.44. The van der Waals surface area contributed by atoms with Crippen LogP contribution in [0.1, 0.15) is 150 Å². The van der Waals surface area contributed by atoms with Gasteiger partial charge >= 0.3 is 12.1 Å². The summed E-state index contributed by atoms with van der Waals surface area (Å²) in [5.41, 5.74) is -0.571. The number of carbonyl (C=O) groups is 3. The van der Waals surface area contributed by atoms with Gasteiger partial charge in [-0.2, -0.15) is 0 Å². The molecule has 7 heteroatoms. The first kappa shape index (κ1) is 33.4. The fourth-order valence-electron chi connectivity index (χ4n) is 6.27. The van der Waals surface area contributed by atoms with Gasteiger partial charge in [-0.1, -0.05) is 84.0 Å². The van der Waals surface area contributed by atoms with E-state index in [0.717, 1.165) is 44.9 Å². The summed E-state index contributed by atoms with van der Waals surface area (Å²) in [7, 11) is 0. The molecule has 3 atom stereocenters. The number of amides is 2. The SMILES string of the molecule is CCCCCCCCCCCCCCCC(=O)N(CC(=O)OCC)C1CCC2CCC1N2C(=O)OC(C)(C)C. The van der Waals surface area contributed by atoms with Crippen molar-refractivity contribution in [2.45, 2.75) is 174 Å². The Hall–Kier alpha value is -1.79. The Morgan fingerprint density at radius 3 is 1.85 bits per heavy atom. The lowest BCUT2D eigenvalue weighted by atomic mass is 9.95. The quantitative estimate of drug-likeness (QED) is 0.129. The number of esters is 1. The highest BCUT2D eigenvalue weighted by Gasteiger charge is 2.49. The number of carbonyl (C=O) groups excluding carboxylic acids is 3. The topological polar surface area (TPSA) is 76.2 Å². The molecule has 0 spiro atoms. The molecule has 7 nitrogen and oxygen atoms in total. The van der Waals surface area contributed by atoms with E-state index in [1.54, 1.807) is 11.8 Å². The van der Waals surface area contributed by atoms with Crippen LogP contribution in [0.15, 0.2) is 0 Å². The molecule has 2 aliphatic heterocycles. The second-order valence-electron chi connectivity index (χ2n) is 12.7. The summed E-state index contributed by atoms with van der Waals surface area (Å²) in [5.74, 6) is -0.370. The third kappa shape index (κ3) is 12.1. The fraction of sp³-hybridized carbons (Fsp3) is 0.906. The molecule has 2 bridgehead atoms. The molecule has 2 aliphatic rings. The molecule has 0 saturated carbocycles. The summed E-state index contributed by atoms with van der Waals surface area (Å²) < 4.78 is 10.9. The average molecular weight is 551 g/mol. The molecule has 0 aromatic heterocycles. The van der Waals surface area contributed by atoms with Crippen LogP contribution in [-0.4, -0.2) is 64.6 Å². The Morgan fingerprint density at radius 1 is 0.769 bits per heavy atom. The molecular weight excluding hydrogens is 492 g/mol. The van der Waals surface area contributed by atoms with Gasteiger partial charge < -0.3 is 19.3 Å². The summed E-state index contributed by atoms with van der Waals surface area (Å²) in [5, 5.41) is 0. The van der Waals surface area contributed by atoms with E-state index in [1.807, 2.05) is 25.7 Å². The fourth-order valence-corrected chi connectivity index (χ4v) is 6.27. The third-order valence-corrected chi connectivity index (χ3v) is 8.21. The molecule has 0 N–H and O–H groups in total. The van der Waals surface area contributed by atoms with Crippen molar-refractivity contribution in [2.24, 2.45) is 0 Å². The Bertz CT molecular complexity index is 735. The molecule has 2 fully saturated rings. The minimum absolute atomic E-state index is 0.00520. The Morgan fingerprint density at radius 2 is 1.31 bits per heavy atom. The normalized spacial score (nSPS) is 20.6. The molecule has 226 valence electrons. The van der Waals surface area contributed by atoms with Gasteiger partial charge in [0, 0.05) is 12.5 Å². The van der Waals surface area contributed by atoms with Gasteiger partial charge in [0.05, 0.1) is 18.7 Å². The zero-order valence-electron chi connectivity index (χ0n) is 25.8. The van der Waals surface area contributed by atoms with Gasteiger partial charge in [0.1, 0.15) is 12.1 Å². The molecule has 0 aliphatic carbocycles. The Labute approximate surface area is 238 Å². The van der Waals surface area contributed by atoms with Crippen LogP contribution in [0.2, 0.25) is 0 Å². The molecule has 3 unspecified atom stereocenters. The minimum Gasteiger partial charge on any atom is -0.465 e. The van der Waals surface area contributed by atoms with E-state index in [9.17, 15) is 14.4 Å². The van der Waals surface area contributed by atoms with Crippen molar-refractivity contribution in [3.05, 3.63) is 0 Å². The number of rotatable bonds is 18. The third-order valence-electron chi connectivity index (χ3n) is 8.21. The zero-order chi connectivity index (χ0) is 28.7. The molecule has 2 heterocycles. The van der Waals surface area contributed by atoms with Crippen molar-refractivity contribution in [3.8, 4) is 0 Å². The van der Waals surface area contributed by atoms with Gasteiger partial charge in [0.2, 0.25) is 5.91 Å². The van der Waals surface area contributed by atoms with Crippen molar-refractivity contribution < 1.29 is 23.9 Å². The van der Waals surface area contributed by atoms with E-state index < -0.39 is 5.60 Å². The van der Waals surface area contributed by atoms with Crippen LogP contribution in [-0.2, 0) is 19.1 Å². The Kier molecular flexibility index (Phi) is 15.3. The highest BCUT2D eigenvalue weighted by molar-refractivity contribution is 5.82. The van der Waals surface area contributed by atoms with E-state index >= 15 is 0 Å². The second-order valence-corrected chi connectivity index (χ2v) is 12.7. The highest BCUT2D eigenvalue weighted by Crippen LogP contribution is 2.39. The number of hydrogen-bond acceptors (Lipinski definition) is 5. The second kappa shape index (κ2) is 17.8. The van der Waals surface area contributed by atoms with E-state index in [1.165, 1.54) is 64.2 Å². The molecule has 2 amide bonds. The monoisotopic (exact) mass is 550 g/mol. The molecule has 0 aromatic rings. The predicted octanol–water partition coefficient (Wildman–Crippen LogP) is 7.79. The molecular formula is C32H58N2O5. The van der Waals surface area contributed by atoms with Crippen molar-refractivity contribution in [1.82, 2.24) is 9.80 Å². The van der Waals surface area contributed by atoms with E-state index in [4.69, 9.17) is 9.47 Å². The first-order valence-electron chi connectivity index (χ1n) is 16.1. The number of ether oxygens (including phenoxy) is 2. The van der Waals surface area contributed by atoms with Gasteiger partial charge in [-0.3, -0.25) is 9.59 Å². The number of hydrogen-bond donors (Lipinski definition) is 0. The van der Waals surface area contributed by atoms with E-state index in [2.05, 4.69) is 6.92 Å². The Balaban J connectivity index is 1.81. The van der Waals surface area contributed by atoms with Crippen LogP contribution >= 0.6 is 0 Å². The van der Waals surface area contributed by atoms with Gasteiger partial charge in [0.15, 0.2) is 0 Å². The maximum absolute atomic E-state index is 13.4. The highest BCUT2D eigenvalue weighted by atomic mass is 16.6. The van der Waals surface area contributed by atoms with Crippen LogP contribution in [0.4, 0.5) is 4.79 Å². The summed E-state index contributed by atoms with van der Waals surface area (Å²) in [6.45, 7) is 9.92. The zero-order valence-corrected chi connectivity index (χ0v) is 25.8. The van der Waals surface area contributed by atoms with Gasteiger partial charge in [0.25, 0.3) is 0 Å². The maximum Gasteiger partial charge on any atom is 0.410 e. The largest absolute Gasteiger partial charge is 0.465 e. The van der Waals surface area contributed by atoms with Crippen molar-refractivity contribution in [1.29, 1.82) is 0 Å². The van der Waals surface area contributed by atoms with Crippen LogP contribution in [0.5, 0.6) is 0 Å². The number of piperidine rings is 1. The molecule has 2 rings (SSSR count). The minimum atomic E-state index is -0.571. The maximum atomic E-state index is 13.4. The molecule has 2 saturated heterocycles. The van der Waals surface area contributed by atoms with Crippen LogP contribution in [0.25, 0.3) is 0 Å². The summed E-state index contributed by atoms with van der Waals surface area (Å²) >= 11 is 0. The van der Waals surface area contributed by atoms with Crippen molar-refractivity contribution >= 4 is 18.0 Å². The van der Waals surface area contributed by atoms with Crippen LogP contribution < -0.4 is 0 Å². The number of nitrogens with zero attached hydrogens (tertiary/aromatic N) is 2. The molecule has 0 radical (unpaired) electrons.